The quantitative estimate of drug-likeness (QED) is 0.787. The largest absolute Gasteiger partial charge is 0.378 e. The molecule has 2 aromatic rings. The zero-order valence-corrected chi connectivity index (χ0v) is 12.8. The van der Waals surface area contributed by atoms with Gasteiger partial charge >= 0.3 is 0 Å². The molecule has 1 aliphatic carbocycles. The van der Waals surface area contributed by atoms with Gasteiger partial charge in [-0.15, -0.1) is 0 Å². The maximum absolute atomic E-state index is 6.13. The second-order valence-electron chi connectivity index (χ2n) is 5.30. The molecule has 1 N–H and O–H groups in total. The monoisotopic (exact) mass is 306 g/mol. The van der Waals surface area contributed by atoms with Crippen LogP contribution in [0.3, 0.4) is 0 Å². The molecule has 0 amide bonds. The number of aromatic nitrogens is 1. The summed E-state index contributed by atoms with van der Waals surface area (Å²) in [4.78, 5) is 4.07. The van der Waals surface area contributed by atoms with Gasteiger partial charge in [-0.05, 0) is 48.4 Å². The highest BCUT2D eigenvalue weighted by Crippen LogP contribution is 2.40. The highest BCUT2D eigenvalue weighted by Gasteiger charge is 2.23. The van der Waals surface area contributed by atoms with Crippen LogP contribution in [0.25, 0.3) is 0 Å². The number of halogens is 2. The zero-order chi connectivity index (χ0) is 14.1. The first-order chi connectivity index (χ1) is 9.63. The van der Waals surface area contributed by atoms with Crippen LogP contribution in [0.1, 0.15) is 35.4 Å². The Bertz CT molecular complexity index is 613. The molecular formula is C16H16Cl2N2. The van der Waals surface area contributed by atoms with E-state index in [0.29, 0.717) is 10.3 Å². The zero-order valence-electron chi connectivity index (χ0n) is 11.3. The Morgan fingerprint density at radius 1 is 1.25 bits per heavy atom. The Hall–Kier alpha value is -1.25. The van der Waals surface area contributed by atoms with Crippen molar-refractivity contribution in [2.45, 2.75) is 32.2 Å². The second kappa shape index (κ2) is 5.63. The van der Waals surface area contributed by atoms with Crippen molar-refractivity contribution in [1.82, 2.24) is 4.98 Å². The number of aryl methyl sites for hydroxylation is 1. The van der Waals surface area contributed by atoms with Gasteiger partial charge < -0.3 is 5.32 Å². The fourth-order valence-corrected chi connectivity index (χ4v) is 2.97. The molecule has 1 aliphatic rings. The van der Waals surface area contributed by atoms with Crippen LogP contribution < -0.4 is 5.32 Å². The van der Waals surface area contributed by atoms with Gasteiger partial charge in [0.25, 0.3) is 0 Å². The fourth-order valence-electron chi connectivity index (χ4n) is 2.37. The van der Waals surface area contributed by atoms with Crippen molar-refractivity contribution < 1.29 is 0 Å². The number of rotatable bonds is 4. The van der Waals surface area contributed by atoms with Gasteiger partial charge in [0.1, 0.15) is 5.15 Å². The fraction of sp³-hybridized carbons (Fsp3) is 0.312. The minimum absolute atomic E-state index is 0.424. The van der Waals surface area contributed by atoms with Crippen LogP contribution >= 0.6 is 23.2 Å². The van der Waals surface area contributed by atoms with E-state index in [0.717, 1.165) is 23.7 Å². The van der Waals surface area contributed by atoms with Crippen LogP contribution in [0, 0.1) is 6.92 Å². The first-order valence-electron chi connectivity index (χ1n) is 6.79. The van der Waals surface area contributed by atoms with E-state index in [1.54, 1.807) is 0 Å². The lowest BCUT2D eigenvalue weighted by atomic mass is 10.1. The predicted molar refractivity (Wildman–Crippen MR) is 84.7 cm³/mol. The average molecular weight is 307 g/mol. The molecule has 0 bridgehead atoms. The summed E-state index contributed by atoms with van der Waals surface area (Å²) in [5.74, 6) is 0.775. The Morgan fingerprint density at radius 3 is 2.75 bits per heavy atom. The Kier molecular flexibility index (Phi) is 3.86. The van der Waals surface area contributed by atoms with Gasteiger partial charge in [0.05, 0.1) is 5.69 Å². The number of hydrogen-bond donors (Lipinski definition) is 1. The number of pyridine rings is 1. The molecule has 0 aliphatic heterocycles. The van der Waals surface area contributed by atoms with Gasteiger partial charge in [-0.25, -0.2) is 4.98 Å². The lowest BCUT2D eigenvalue weighted by Gasteiger charge is -2.12. The van der Waals surface area contributed by atoms with E-state index in [1.165, 1.54) is 24.0 Å². The van der Waals surface area contributed by atoms with Crippen molar-refractivity contribution in [3.63, 3.8) is 0 Å². The van der Waals surface area contributed by atoms with E-state index in [-0.39, 0.29) is 0 Å². The maximum Gasteiger partial charge on any atom is 0.154 e. The van der Waals surface area contributed by atoms with Crippen molar-refractivity contribution >= 4 is 28.9 Å². The molecule has 0 unspecified atom stereocenters. The predicted octanol–water partition coefficient (Wildman–Crippen LogP) is 5.19. The third kappa shape index (κ3) is 3.08. The van der Waals surface area contributed by atoms with E-state index >= 15 is 0 Å². The lowest BCUT2D eigenvalue weighted by molar-refractivity contribution is 1.08. The number of hydrogen-bond acceptors (Lipinski definition) is 2. The number of benzene rings is 1. The van der Waals surface area contributed by atoms with Gasteiger partial charge in [-0.2, -0.15) is 0 Å². The highest BCUT2D eigenvalue weighted by atomic mass is 35.5. The molecule has 4 heteroatoms. The van der Waals surface area contributed by atoms with E-state index < -0.39 is 0 Å². The SMILES string of the molecule is Cc1cc(Cl)nc(Cl)c1NCc1cccc(C2CC2)c1. The number of nitrogens with zero attached hydrogens (tertiary/aromatic N) is 1. The molecule has 1 aromatic carbocycles. The first kappa shape index (κ1) is 13.7. The van der Waals surface area contributed by atoms with Gasteiger partial charge in [-0.3, -0.25) is 0 Å². The van der Waals surface area contributed by atoms with E-state index in [4.69, 9.17) is 23.2 Å². The summed E-state index contributed by atoms with van der Waals surface area (Å²) >= 11 is 12.0. The summed E-state index contributed by atoms with van der Waals surface area (Å²) in [5.41, 5.74) is 4.57. The summed E-state index contributed by atoms with van der Waals surface area (Å²) in [5, 5.41) is 4.21. The minimum atomic E-state index is 0.424. The average Bonchev–Trinajstić information content (AvgIpc) is 3.22. The van der Waals surface area contributed by atoms with Crippen LogP contribution in [0.5, 0.6) is 0 Å². The molecule has 3 rings (SSSR count). The molecule has 1 saturated carbocycles. The van der Waals surface area contributed by atoms with E-state index in [2.05, 4.69) is 34.6 Å². The number of anilines is 1. The maximum atomic E-state index is 6.13. The third-order valence-electron chi connectivity index (χ3n) is 3.61. The molecule has 2 nitrogen and oxygen atoms in total. The normalized spacial score (nSPS) is 14.3. The van der Waals surface area contributed by atoms with E-state index in [1.807, 2.05) is 13.0 Å². The summed E-state index contributed by atoms with van der Waals surface area (Å²) < 4.78 is 0. The van der Waals surface area contributed by atoms with E-state index in [9.17, 15) is 0 Å². The van der Waals surface area contributed by atoms with Gasteiger partial charge in [0.2, 0.25) is 0 Å². The Labute approximate surface area is 129 Å². The van der Waals surface area contributed by atoms with Crippen molar-refractivity contribution in [1.29, 1.82) is 0 Å². The Morgan fingerprint density at radius 2 is 2.05 bits per heavy atom. The Balaban J connectivity index is 1.74. The van der Waals surface area contributed by atoms with Gasteiger partial charge in [0.15, 0.2) is 5.15 Å². The molecule has 20 heavy (non-hydrogen) atoms. The smallest absolute Gasteiger partial charge is 0.154 e. The molecule has 0 radical (unpaired) electrons. The van der Waals surface area contributed by atoms with Crippen LogP contribution in [-0.4, -0.2) is 4.98 Å². The molecule has 1 fully saturated rings. The summed E-state index contributed by atoms with van der Waals surface area (Å²) in [6, 6.07) is 10.6. The lowest BCUT2D eigenvalue weighted by Crippen LogP contribution is -2.03. The topological polar surface area (TPSA) is 24.9 Å². The standard InChI is InChI=1S/C16H16Cl2N2/c1-10-7-14(17)20-16(18)15(10)19-9-11-3-2-4-13(8-11)12-5-6-12/h2-4,7-8,12,19H,5-6,9H2,1H3. The second-order valence-corrected chi connectivity index (χ2v) is 6.05. The minimum Gasteiger partial charge on any atom is -0.378 e. The van der Waals surface area contributed by atoms with Crippen molar-refractivity contribution in [3.8, 4) is 0 Å². The molecule has 1 aromatic heterocycles. The van der Waals surface area contributed by atoms with Crippen molar-refractivity contribution in [2.24, 2.45) is 0 Å². The van der Waals surface area contributed by atoms with Gasteiger partial charge in [0, 0.05) is 6.54 Å². The molecule has 104 valence electrons. The van der Waals surface area contributed by atoms with Crippen LogP contribution in [0.2, 0.25) is 10.3 Å². The molecule has 1 heterocycles. The molecular weight excluding hydrogens is 291 g/mol. The van der Waals surface area contributed by atoms with Crippen molar-refractivity contribution in [2.75, 3.05) is 5.32 Å². The highest BCUT2D eigenvalue weighted by molar-refractivity contribution is 6.34. The molecule has 0 spiro atoms. The summed E-state index contributed by atoms with van der Waals surface area (Å²) in [6.45, 7) is 2.72. The summed E-state index contributed by atoms with van der Waals surface area (Å²) in [7, 11) is 0. The number of nitrogens with one attached hydrogen (secondary N) is 1. The summed E-state index contributed by atoms with van der Waals surface area (Å²) in [6.07, 6.45) is 2.64. The first-order valence-corrected chi connectivity index (χ1v) is 7.54. The van der Waals surface area contributed by atoms with Crippen LogP contribution in [0.4, 0.5) is 5.69 Å². The molecule has 0 atom stereocenters. The van der Waals surface area contributed by atoms with Gasteiger partial charge in [-0.1, -0.05) is 47.5 Å². The van der Waals surface area contributed by atoms with Crippen molar-refractivity contribution in [3.05, 3.63) is 57.3 Å². The van der Waals surface area contributed by atoms with Crippen LogP contribution in [-0.2, 0) is 6.54 Å². The van der Waals surface area contributed by atoms with Crippen LogP contribution in [0.15, 0.2) is 30.3 Å². The molecule has 0 saturated heterocycles. The third-order valence-corrected chi connectivity index (χ3v) is 4.08.